The van der Waals surface area contributed by atoms with Crippen LogP contribution in [0.25, 0.3) is 0 Å². The first-order chi connectivity index (χ1) is 9.42. The third kappa shape index (κ3) is 3.19. The molecule has 1 aromatic carbocycles. The normalized spacial score (nSPS) is 19.5. The van der Waals surface area contributed by atoms with Gasteiger partial charge in [-0.15, -0.1) is 0 Å². The second kappa shape index (κ2) is 5.95. The molecule has 2 heterocycles. The summed E-state index contributed by atoms with van der Waals surface area (Å²) in [6.45, 7) is 2.19. The zero-order chi connectivity index (χ0) is 12.9. The van der Waals surface area contributed by atoms with E-state index in [-0.39, 0.29) is 6.04 Å². The molecule has 1 saturated heterocycles. The molecule has 2 aromatic rings. The van der Waals surface area contributed by atoms with Crippen LogP contribution >= 0.6 is 0 Å². The minimum atomic E-state index is 0.0583. The summed E-state index contributed by atoms with van der Waals surface area (Å²) in [7, 11) is 0. The summed E-state index contributed by atoms with van der Waals surface area (Å²) in [6.07, 6.45) is 1.68. The molecule has 0 saturated carbocycles. The Labute approximate surface area is 112 Å². The minimum Gasteiger partial charge on any atom is -0.378 e. The Morgan fingerprint density at radius 3 is 2.89 bits per heavy atom. The number of rotatable bonds is 4. The van der Waals surface area contributed by atoms with Gasteiger partial charge in [0.2, 0.25) is 5.89 Å². The average Bonchev–Trinajstić information content (AvgIpc) is 2.96. The molecule has 1 atom stereocenters. The van der Waals surface area contributed by atoms with E-state index in [1.54, 1.807) is 0 Å². The van der Waals surface area contributed by atoms with Gasteiger partial charge in [-0.2, -0.15) is 4.98 Å². The van der Waals surface area contributed by atoms with Gasteiger partial charge in [-0.3, -0.25) is 0 Å². The van der Waals surface area contributed by atoms with Crippen molar-refractivity contribution in [3.63, 3.8) is 0 Å². The monoisotopic (exact) mass is 259 g/mol. The summed E-state index contributed by atoms with van der Waals surface area (Å²) in [5.41, 5.74) is 1.28. The van der Waals surface area contributed by atoms with Gasteiger partial charge in [0.25, 0.3) is 0 Å². The van der Waals surface area contributed by atoms with Crippen LogP contribution in [0.4, 0.5) is 0 Å². The highest BCUT2D eigenvalue weighted by Gasteiger charge is 2.20. The molecule has 1 fully saturated rings. The summed E-state index contributed by atoms with van der Waals surface area (Å²) in [4.78, 5) is 4.43. The molecule has 1 N–H and O–H groups in total. The fraction of sp³-hybridized carbons (Fsp3) is 0.429. The third-order valence-electron chi connectivity index (χ3n) is 3.19. The molecule has 5 heteroatoms. The van der Waals surface area contributed by atoms with Gasteiger partial charge >= 0.3 is 0 Å². The van der Waals surface area contributed by atoms with Gasteiger partial charge in [-0.05, 0) is 12.0 Å². The maximum absolute atomic E-state index is 5.39. The van der Waals surface area contributed by atoms with Gasteiger partial charge in [0.05, 0.1) is 19.3 Å². The first-order valence-electron chi connectivity index (χ1n) is 6.59. The first kappa shape index (κ1) is 12.3. The van der Waals surface area contributed by atoms with Crippen LogP contribution in [0.2, 0.25) is 0 Å². The van der Waals surface area contributed by atoms with E-state index >= 15 is 0 Å². The molecule has 0 aliphatic carbocycles. The Bertz CT molecular complexity index is 506. The van der Waals surface area contributed by atoms with Crippen molar-refractivity contribution in [2.45, 2.75) is 18.9 Å². The lowest BCUT2D eigenvalue weighted by Crippen LogP contribution is -2.35. The number of nitrogens with zero attached hydrogens (tertiary/aromatic N) is 2. The van der Waals surface area contributed by atoms with E-state index in [9.17, 15) is 0 Å². The molecule has 1 aromatic heterocycles. The summed E-state index contributed by atoms with van der Waals surface area (Å²) >= 11 is 0. The van der Waals surface area contributed by atoms with Crippen LogP contribution in [0.3, 0.4) is 0 Å². The van der Waals surface area contributed by atoms with E-state index in [4.69, 9.17) is 9.26 Å². The lowest BCUT2D eigenvalue weighted by Gasteiger charge is -2.20. The van der Waals surface area contributed by atoms with Crippen molar-refractivity contribution in [1.29, 1.82) is 0 Å². The highest BCUT2D eigenvalue weighted by Crippen LogP contribution is 2.13. The Hall–Kier alpha value is -1.72. The van der Waals surface area contributed by atoms with Gasteiger partial charge in [0, 0.05) is 13.0 Å². The van der Waals surface area contributed by atoms with Crippen molar-refractivity contribution in [3.05, 3.63) is 47.6 Å². The van der Waals surface area contributed by atoms with Crippen molar-refractivity contribution in [1.82, 2.24) is 15.5 Å². The number of hydrogen-bond acceptors (Lipinski definition) is 5. The largest absolute Gasteiger partial charge is 0.378 e. The topological polar surface area (TPSA) is 60.2 Å². The molecule has 5 nitrogen and oxygen atoms in total. The van der Waals surface area contributed by atoms with E-state index in [2.05, 4.69) is 27.6 Å². The van der Waals surface area contributed by atoms with Crippen LogP contribution in [0.15, 0.2) is 34.9 Å². The molecule has 19 heavy (non-hydrogen) atoms. The molecule has 0 radical (unpaired) electrons. The molecule has 1 aliphatic rings. The average molecular weight is 259 g/mol. The number of morpholine rings is 1. The van der Waals surface area contributed by atoms with Crippen molar-refractivity contribution >= 4 is 0 Å². The second-order valence-electron chi connectivity index (χ2n) is 4.61. The van der Waals surface area contributed by atoms with E-state index in [1.807, 2.05) is 18.2 Å². The lowest BCUT2D eigenvalue weighted by molar-refractivity contribution is 0.0734. The fourth-order valence-electron chi connectivity index (χ4n) is 2.14. The summed E-state index contributed by atoms with van der Waals surface area (Å²) < 4.78 is 10.7. The lowest BCUT2D eigenvalue weighted by atomic mass is 10.1. The Kier molecular flexibility index (Phi) is 3.86. The number of aryl methyl sites for hydroxylation is 2. The van der Waals surface area contributed by atoms with Crippen LogP contribution in [-0.4, -0.2) is 29.9 Å². The molecule has 0 spiro atoms. The van der Waals surface area contributed by atoms with Gasteiger partial charge in [0.15, 0.2) is 5.82 Å². The van der Waals surface area contributed by atoms with Gasteiger partial charge < -0.3 is 14.6 Å². The summed E-state index contributed by atoms with van der Waals surface area (Å²) in [5, 5.41) is 7.34. The zero-order valence-electron chi connectivity index (χ0n) is 10.7. The maximum Gasteiger partial charge on any atom is 0.227 e. The smallest absolute Gasteiger partial charge is 0.227 e. The van der Waals surface area contributed by atoms with Gasteiger partial charge in [-0.25, -0.2) is 0 Å². The molecular weight excluding hydrogens is 242 g/mol. The Morgan fingerprint density at radius 1 is 1.21 bits per heavy atom. The van der Waals surface area contributed by atoms with Crippen molar-refractivity contribution in [2.75, 3.05) is 19.8 Å². The molecule has 100 valence electrons. The van der Waals surface area contributed by atoms with Gasteiger partial charge in [0.1, 0.15) is 0 Å². The number of benzene rings is 1. The van der Waals surface area contributed by atoms with E-state index in [0.717, 1.165) is 26.0 Å². The van der Waals surface area contributed by atoms with Crippen LogP contribution in [0, 0.1) is 0 Å². The third-order valence-corrected chi connectivity index (χ3v) is 3.19. The maximum atomic E-state index is 5.39. The summed E-state index contributed by atoms with van der Waals surface area (Å²) in [5.74, 6) is 1.38. The van der Waals surface area contributed by atoms with E-state index in [0.29, 0.717) is 18.3 Å². The summed E-state index contributed by atoms with van der Waals surface area (Å²) in [6, 6.07) is 10.4. The molecule has 3 rings (SSSR count). The van der Waals surface area contributed by atoms with E-state index in [1.165, 1.54) is 5.56 Å². The minimum absolute atomic E-state index is 0.0583. The quantitative estimate of drug-likeness (QED) is 0.902. The standard InChI is InChI=1S/C14H17N3O2/c1-2-4-11(5-3-1)6-7-13-16-14(17-19-13)12-10-18-9-8-15-12/h1-5,12,15H,6-10H2. The first-order valence-corrected chi connectivity index (χ1v) is 6.59. The SMILES string of the molecule is c1ccc(CCc2nc(C3COCCN3)no2)cc1. The highest BCUT2D eigenvalue weighted by atomic mass is 16.5. The zero-order valence-corrected chi connectivity index (χ0v) is 10.7. The van der Waals surface area contributed by atoms with Gasteiger partial charge in [-0.1, -0.05) is 35.5 Å². The van der Waals surface area contributed by atoms with E-state index < -0.39 is 0 Å². The molecular formula is C14H17N3O2. The van der Waals surface area contributed by atoms with Crippen molar-refractivity contribution in [3.8, 4) is 0 Å². The number of aromatic nitrogens is 2. The van der Waals surface area contributed by atoms with Crippen LogP contribution < -0.4 is 5.32 Å². The van der Waals surface area contributed by atoms with Crippen molar-refractivity contribution < 1.29 is 9.26 Å². The number of ether oxygens (including phenoxy) is 1. The fourth-order valence-corrected chi connectivity index (χ4v) is 2.14. The van der Waals surface area contributed by atoms with Crippen LogP contribution in [-0.2, 0) is 17.6 Å². The molecule has 1 aliphatic heterocycles. The number of nitrogens with one attached hydrogen (secondary N) is 1. The molecule has 0 bridgehead atoms. The number of hydrogen-bond donors (Lipinski definition) is 1. The molecule has 0 amide bonds. The van der Waals surface area contributed by atoms with Crippen molar-refractivity contribution in [2.24, 2.45) is 0 Å². The Balaban J connectivity index is 1.58. The predicted molar refractivity (Wildman–Crippen MR) is 69.7 cm³/mol. The highest BCUT2D eigenvalue weighted by molar-refractivity contribution is 5.15. The second-order valence-corrected chi connectivity index (χ2v) is 4.61. The predicted octanol–water partition coefficient (Wildman–Crippen LogP) is 1.52. The Morgan fingerprint density at radius 2 is 2.11 bits per heavy atom. The van der Waals surface area contributed by atoms with Crippen LogP contribution in [0.5, 0.6) is 0 Å². The van der Waals surface area contributed by atoms with Crippen LogP contribution in [0.1, 0.15) is 23.3 Å². The molecule has 1 unspecified atom stereocenters.